The lowest BCUT2D eigenvalue weighted by Crippen LogP contribution is -2.73. The van der Waals surface area contributed by atoms with E-state index in [9.17, 15) is 22.8 Å². The van der Waals surface area contributed by atoms with Crippen molar-refractivity contribution in [1.29, 1.82) is 0 Å². The Labute approximate surface area is 188 Å². The number of alkyl halides is 3. The molecule has 4 rings (SSSR count). The van der Waals surface area contributed by atoms with Crippen LogP contribution in [0.5, 0.6) is 5.75 Å². The zero-order valence-corrected chi connectivity index (χ0v) is 18.1. The average Bonchev–Trinajstić information content (AvgIpc) is 2.69. The summed E-state index contributed by atoms with van der Waals surface area (Å²) in [6, 6.07) is 14.4. The molecule has 0 saturated carbocycles. The van der Waals surface area contributed by atoms with Crippen molar-refractivity contribution < 1.29 is 27.5 Å². The van der Waals surface area contributed by atoms with Crippen molar-refractivity contribution in [3.05, 3.63) is 77.0 Å². The molecule has 0 aromatic heterocycles. The van der Waals surface area contributed by atoms with Gasteiger partial charge >= 0.3 is 6.18 Å². The average molecular weight is 457 g/mol. The number of aryl methyl sites for hydroxylation is 2. The van der Waals surface area contributed by atoms with Crippen LogP contribution in [0.4, 0.5) is 13.2 Å². The second-order valence-corrected chi connectivity index (χ2v) is 8.09. The third-order valence-corrected chi connectivity index (χ3v) is 5.68. The van der Waals surface area contributed by atoms with Crippen molar-refractivity contribution in [2.75, 3.05) is 6.54 Å². The van der Waals surface area contributed by atoms with Gasteiger partial charge in [0, 0.05) is 25.7 Å². The quantitative estimate of drug-likeness (QED) is 0.717. The Bertz CT molecular complexity index is 1140. The molecular formula is C24H22F3N3O3. The van der Waals surface area contributed by atoms with E-state index in [4.69, 9.17) is 4.74 Å². The molecule has 9 heteroatoms. The lowest BCUT2D eigenvalue weighted by molar-refractivity contribution is -0.188. The monoisotopic (exact) mass is 457 g/mol. The molecule has 2 aromatic carbocycles. The van der Waals surface area contributed by atoms with Crippen LogP contribution >= 0.6 is 0 Å². The van der Waals surface area contributed by atoms with Crippen LogP contribution in [0.25, 0.3) is 0 Å². The SMILES string of the molecule is Cc1ccc(CNC(=O)C2(Oc3ccc(C)cc3)CCN2C(=O)C2=NC=C2C(F)(F)F)cc1. The van der Waals surface area contributed by atoms with Crippen molar-refractivity contribution >= 4 is 17.5 Å². The van der Waals surface area contributed by atoms with E-state index in [0.717, 1.165) is 21.6 Å². The fraction of sp³-hybridized carbons (Fsp3) is 0.292. The van der Waals surface area contributed by atoms with Crippen LogP contribution in [0.3, 0.4) is 0 Å². The molecule has 2 aromatic rings. The number of amides is 2. The summed E-state index contributed by atoms with van der Waals surface area (Å²) in [6.45, 7) is 4.06. The Morgan fingerprint density at radius 2 is 1.67 bits per heavy atom. The lowest BCUT2D eigenvalue weighted by atomic mass is 9.93. The van der Waals surface area contributed by atoms with Crippen molar-refractivity contribution in [3.8, 4) is 5.75 Å². The molecule has 172 valence electrons. The topological polar surface area (TPSA) is 71.0 Å². The Hall–Kier alpha value is -3.62. The third-order valence-electron chi connectivity index (χ3n) is 5.68. The number of aliphatic imine (C=N–C) groups is 1. The molecule has 2 aliphatic rings. The Balaban J connectivity index is 1.57. The van der Waals surface area contributed by atoms with Crippen LogP contribution in [-0.4, -0.2) is 40.9 Å². The maximum atomic E-state index is 13.3. The van der Waals surface area contributed by atoms with Gasteiger partial charge in [0.25, 0.3) is 17.5 Å². The van der Waals surface area contributed by atoms with Crippen molar-refractivity contribution in [3.63, 3.8) is 0 Å². The minimum absolute atomic E-state index is 0.0623. The Morgan fingerprint density at radius 3 is 2.15 bits per heavy atom. The second kappa shape index (κ2) is 8.38. The molecule has 0 radical (unpaired) electrons. The van der Waals surface area contributed by atoms with E-state index in [2.05, 4.69) is 10.3 Å². The van der Waals surface area contributed by atoms with Crippen LogP contribution < -0.4 is 10.1 Å². The lowest BCUT2D eigenvalue weighted by Gasteiger charge is -2.50. The largest absolute Gasteiger partial charge is 0.458 e. The van der Waals surface area contributed by atoms with E-state index in [1.165, 1.54) is 0 Å². The van der Waals surface area contributed by atoms with Crippen LogP contribution in [-0.2, 0) is 16.1 Å². The van der Waals surface area contributed by atoms with Gasteiger partial charge in [0.1, 0.15) is 17.0 Å². The summed E-state index contributed by atoms with van der Waals surface area (Å²) >= 11 is 0. The summed E-state index contributed by atoms with van der Waals surface area (Å²) in [4.78, 5) is 30.7. The second-order valence-electron chi connectivity index (χ2n) is 8.09. The van der Waals surface area contributed by atoms with E-state index in [1.807, 2.05) is 38.1 Å². The normalized spacial score (nSPS) is 19.6. The van der Waals surface area contributed by atoms with Gasteiger partial charge in [-0.15, -0.1) is 0 Å². The van der Waals surface area contributed by atoms with E-state index in [-0.39, 0.29) is 19.5 Å². The summed E-state index contributed by atoms with van der Waals surface area (Å²) in [5, 5.41) is 2.76. The number of likely N-dealkylation sites (tertiary alicyclic amines) is 1. The first kappa shape index (κ1) is 22.6. The van der Waals surface area contributed by atoms with Gasteiger partial charge < -0.3 is 10.1 Å². The molecule has 1 fully saturated rings. The van der Waals surface area contributed by atoms with E-state index in [0.29, 0.717) is 11.9 Å². The molecule has 1 unspecified atom stereocenters. The van der Waals surface area contributed by atoms with Gasteiger partial charge in [-0.2, -0.15) is 13.2 Å². The highest BCUT2D eigenvalue weighted by molar-refractivity contribution is 6.48. The summed E-state index contributed by atoms with van der Waals surface area (Å²) in [5.74, 6) is -1.28. The zero-order chi connectivity index (χ0) is 23.8. The Morgan fingerprint density at radius 1 is 1.06 bits per heavy atom. The number of ether oxygens (including phenoxy) is 1. The van der Waals surface area contributed by atoms with Gasteiger partial charge in [-0.05, 0) is 31.5 Å². The maximum absolute atomic E-state index is 13.3. The van der Waals surface area contributed by atoms with Gasteiger partial charge in [-0.1, -0.05) is 47.5 Å². The molecule has 1 atom stereocenters. The molecule has 0 spiro atoms. The maximum Gasteiger partial charge on any atom is 0.420 e. The highest BCUT2D eigenvalue weighted by Crippen LogP contribution is 2.38. The number of benzene rings is 2. The smallest absolute Gasteiger partial charge is 0.420 e. The molecule has 6 nitrogen and oxygen atoms in total. The zero-order valence-electron chi connectivity index (χ0n) is 18.1. The minimum Gasteiger partial charge on any atom is -0.458 e. The van der Waals surface area contributed by atoms with Gasteiger partial charge in [0.15, 0.2) is 0 Å². The molecule has 33 heavy (non-hydrogen) atoms. The summed E-state index contributed by atoms with van der Waals surface area (Å²) < 4.78 is 45.4. The summed E-state index contributed by atoms with van der Waals surface area (Å²) in [5.41, 5.74) is -0.733. The van der Waals surface area contributed by atoms with Gasteiger partial charge in [0.2, 0.25) is 0 Å². The molecule has 2 heterocycles. The predicted molar refractivity (Wildman–Crippen MR) is 115 cm³/mol. The van der Waals surface area contributed by atoms with E-state index >= 15 is 0 Å². The van der Waals surface area contributed by atoms with Crippen LogP contribution in [0.1, 0.15) is 23.1 Å². The fourth-order valence-corrected chi connectivity index (χ4v) is 3.61. The van der Waals surface area contributed by atoms with Crippen LogP contribution in [0.2, 0.25) is 0 Å². The first-order valence-electron chi connectivity index (χ1n) is 10.4. The highest BCUT2D eigenvalue weighted by Gasteiger charge is 2.58. The number of hydrogen-bond acceptors (Lipinski definition) is 4. The minimum atomic E-state index is -4.70. The Kier molecular flexibility index (Phi) is 5.73. The highest BCUT2D eigenvalue weighted by atomic mass is 19.4. The number of halogens is 3. The molecule has 2 aliphatic heterocycles. The molecule has 2 amide bonds. The molecule has 0 aliphatic carbocycles. The molecule has 0 bridgehead atoms. The van der Waals surface area contributed by atoms with Gasteiger partial charge in [0.05, 0.1) is 0 Å². The number of nitrogens with one attached hydrogen (secondary N) is 1. The van der Waals surface area contributed by atoms with Crippen molar-refractivity contribution in [1.82, 2.24) is 10.2 Å². The molecule has 1 saturated heterocycles. The summed E-state index contributed by atoms with van der Waals surface area (Å²) in [7, 11) is 0. The fourth-order valence-electron chi connectivity index (χ4n) is 3.61. The van der Waals surface area contributed by atoms with Crippen molar-refractivity contribution in [2.24, 2.45) is 4.99 Å². The number of carbonyl (C=O) groups is 2. The number of hydrogen-bond donors (Lipinski definition) is 1. The predicted octanol–water partition coefficient (Wildman–Crippen LogP) is 3.83. The third kappa shape index (κ3) is 4.35. The number of rotatable bonds is 6. The van der Waals surface area contributed by atoms with E-state index < -0.39 is 35.0 Å². The van der Waals surface area contributed by atoms with E-state index in [1.54, 1.807) is 24.3 Å². The first-order valence-corrected chi connectivity index (χ1v) is 10.4. The first-order chi connectivity index (χ1) is 15.6. The van der Waals surface area contributed by atoms with Crippen molar-refractivity contribution in [2.45, 2.75) is 38.7 Å². The molecule has 1 N–H and O–H groups in total. The summed E-state index contributed by atoms with van der Waals surface area (Å²) in [6.07, 6.45) is -3.97. The molecular weight excluding hydrogens is 435 g/mol. The number of nitrogens with zero attached hydrogens (tertiary/aromatic N) is 2. The van der Waals surface area contributed by atoms with Gasteiger partial charge in [-0.25, -0.2) is 4.99 Å². The van der Waals surface area contributed by atoms with Crippen LogP contribution in [0.15, 0.2) is 65.3 Å². The van der Waals surface area contributed by atoms with Crippen LogP contribution in [0, 0.1) is 13.8 Å². The standard InChI is InChI=1S/C24H22F3N3O3/c1-15-3-7-17(8-4-15)13-29-22(32)23(33-18-9-5-16(2)6-10-18)11-12-30(23)21(31)20-19(14-28-20)24(25,26)27/h3-10,14H,11-13H2,1-2H3,(H,29,32). The van der Waals surface area contributed by atoms with Gasteiger partial charge in [-0.3, -0.25) is 14.5 Å². The number of carbonyl (C=O) groups excluding carboxylic acids is 2.